The van der Waals surface area contributed by atoms with E-state index in [1.807, 2.05) is 0 Å². The van der Waals surface area contributed by atoms with E-state index in [2.05, 4.69) is 10.1 Å². The molecule has 0 saturated carbocycles. The van der Waals surface area contributed by atoms with Gasteiger partial charge in [0.25, 0.3) is 5.56 Å². The molecule has 0 atom stereocenters. The summed E-state index contributed by atoms with van der Waals surface area (Å²) < 4.78 is 55.2. The number of hydrogen-bond donors (Lipinski definition) is 0. The maximum Gasteiger partial charge on any atom is 0.435 e. The first-order valence-electron chi connectivity index (χ1n) is 8.22. The molecule has 0 spiro atoms. The second kappa shape index (κ2) is 6.04. The monoisotopic (exact) mass is 378 g/mol. The van der Waals surface area contributed by atoms with Crippen molar-refractivity contribution in [3.63, 3.8) is 0 Å². The standard InChI is InChI=1S/C18H14F4N4O/c1-25-17(27)12-6-8-26(9-13(12)15(24-25)18(20,21)22)16-11-3-2-4-14(19)10(11)5-7-23-16/h2-5,7H,6,8-9H2,1H3. The molecule has 0 fully saturated rings. The van der Waals surface area contributed by atoms with E-state index in [0.29, 0.717) is 23.1 Å². The maximum atomic E-state index is 14.0. The number of aryl methyl sites for hydroxylation is 1. The molecule has 0 aliphatic carbocycles. The lowest BCUT2D eigenvalue weighted by Gasteiger charge is -2.31. The Morgan fingerprint density at radius 1 is 1.11 bits per heavy atom. The molecule has 2 aromatic heterocycles. The van der Waals surface area contributed by atoms with Crippen LogP contribution in [0.3, 0.4) is 0 Å². The molecule has 0 bridgehead atoms. The lowest BCUT2D eigenvalue weighted by molar-refractivity contribution is -0.143. The molecule has 0 amide bonds. The van der Waals surface area contributed by atoms with E-state index in [1.165, 1.54) is 31.4 Å². The molecule has 0 saturated heterocycles. The third-order valence-corrected chi connectivity index (χ3v) is 4.73. The van der Waals surface area contributed by atoms with Crippen molar-refractivity contribution in [1.82, 2.24) is 14.8 Å². The number of pyridine rings is 1. The Hall–Kier alpha value is -2.97. The lowest BCUT2D eigenvalue weighted by Crippen LogP contribution is -2.39. The number of fused-ring (bicyclic) bond motifs is 2. The fraction of sp³-hybridized carbons (Fsp3) is 0.278. The molecule has 27 heavy (non-hydrogen) atoms. The molecule has 140 valence electrons. The van der Waals surface area contributed by atoms with Crippen LogP contribution in [0.2, 0.25) is 0 Å². The Labute approximate surface area is 150 Å². The minimum Gasteiger partial charge on any atom is -0.351 e. The summed E-state index contributed by atoms with van der Waals surface area (Å²) in [5, 5.41) is 4.28. The molecule has 0 radical (unpaired) electrons. The third kappa shape index (κ3) is 2.83. The van der Waals surface area contributed by atoms with Crippen molar-refractivity contribution in [2.75, 3.05) is 11.4 Å². The van der Waals surface area contributed by atoms with Gasteiger partial charge >= 0.3 is 6.18 Å². The van der Waals surface area contributed by atoms with Gasteiger partial charge in [-0.05, 0) is 18.6 Å². The average molecular weight is 378 g/mol. The highest BCUT2D eigenvalue weighted by atomic mass is 19.4. The predicted molar refractivity (Wildman–Crippen MR) is 90.9 cm³/mol. The first kappa shape index (κ1) is 17.4. The molecule has 4 rings (SSSR count). The molecule has 1 aliphatic rings. The molecule has 9 heteroatoms. The molecule has 3 aromatic rings. The zero-order chi connectivity index (χ0) is 19.3. The normalized spacial score (nSPS) is 14.5. The van der Waals surface area contributed by atoms with Crippen LogP contribution in [0.25, 0.3) is 10.8 Å². The first-order chi connectivity index (χ1) is 12.8. The predicted octanol–water partition coefficient (Wildman–Crippen LogP) is 3.05. The highest BCUT2D eigenvalue weighted by Crippen LogP contribution is 2.35. The summed E-state index contributed by atoms with van der Waals surface area (Å²) >= 11 is 0. The van der Waals surface area contributed by atoms with Gasteiger partial charge in [0.05, 0.1) is 0 Å². The number of halogens is 4. The van der Waals surface area contributed by atoms with Crippen LogP contribution < -0.4 is 10.5 Å². The lowest BCUT2D eigenvalue weighted by atomic mass is 9.99. The van der Waals surface area contributed by atoms with Gasteiger partial charge in [0, 0.05) is 48.2 Å². The highest BCUT2D eigenvalue weighted by molar-refractivity contribution is 5.92. The van der Waals surface area contributed by atoms with Crippen LogP contribution in [-0.2, 0) is 26.2 Å². The van der Waals surface area contributed by atoms with E-state index in [1.54, 1.807) is 11.0 Å². The van der Waals surface area contributed by atoms with Gasteiger partial charge in [-0.1, -0.05) is 12.1 Å². The van der Waals surface area contributed by atoms with Gasteiger partial charge in [0.15, 0.2) is 5.69 Å². The number of nitrogens with zero attached hydrogens (tertiary/aromatic N) is 4. The molecular weight excluding hydrogens is 364 g/mol. The minimum atomic E-state index is -4.68. The van der Waals surface area contributed by atoms with E-state index >= 15 is 0 Å². The molecule has 0 N–H and O–H groups in total. The van der Waals surface area contributed by atoms with Crippen LogP contribution in [0.5, 0.6) is 0 Å². The minimum absolute atomic E-state index is 0.113. The second-order valence-corrected chi connectivity index (χ2v) is 6.37. The fourth-order valence-electron chi connectivity index (χ4n) is 3.48. The summed E-state index contributed by atoms with van der Waals surface area (Å²) in [5.74, 6) is -0.0495. The summed E-state index contributed by atoms with van der Waals surface area (Å²) in [6, 6.07) is 6.03. The summed E-state index contributed by atoms with van der Waals surface area (Å²) in [7, 11) is 1.21. The van der Waals surface area contributed by atoms with Gasteiger partial charge in [-0.3, -0.25) is 4.79 Å². The average Bonchev–Trinajstić information content (AvgIpc) is 2.63. The highest BCUT2D eigenvalue weighted by Gasteiger charge is 2.39. The van der Waals surface area contributed by atoms with Crippen molar-refractivity contribution in [3.8, 4) is 0 Å². The Morgan fingerprint density at radius 2 is 1.89 bits per heavy atom. The SMILES string of the molecule is Cn1nc(C(F)(F)F)c2c(c1=O)CCN(c1nccc3c(F)cccc13)C2. The number of aromatic nitrogens is 3. The quantitative estimate of drug-likeness (QED) is 0.611. The molecule has 0 unspecified atom stereocenters. The van der Waals surface area contributed by atoms with Gasteiger partial charge in [0.1, 0.15) is 11.6 Å². The Bertz CT molecular complexity index is 1110. The number of rotatable bonds is 1. The van der Waals surface area contributed by atoms with Crippen LogP contribution in [0, 0.1) is 5.82 Å². The second-order valence-electron chi connectivity index (χ2n) is 6.37. The fourth-order valence-corrected chi connectivity index (χ4v) is 3.48. The Balaban J connectivity index is 1.86. The van der Waals surface area contributed by atoms with Crippen LogP contribution in [0.4, 0.5) is 23.4 Å². The first-order valence-corrected chi connectivity index (χ1v) is 8.22. The Morgan fingerprint density at radius 3 is 2.63 bits per heavy atom. The van der Waals surface area contributed by atoms with Crippen molar-refractivity contribution in [2.45, 2.75) is 19.1 Å². The molecule has 1 aromatic carbocycles. The van der Waals surface area contributed by atoms with Gasteiger partial charge < -0.3 is 4.90 Å². The smallest absolute Gasteiger partial charge is 0.351 e. The summed E-state index contributed by atoms with van der Waals surface area (Å²) in [6.45, 7) is 0.127. The molecule has 1 aliphatic heterocycles. The van der Waals surface area contributed by atoms with Crippen molar-refractivity contribution >= 4 is 16.6 Å². The van der Waals surface area contributed by atoms with Gasteiger partial charge in [0.2, 0.25) is 0 Å². The summed E-state index contributed by atoms with van der Waals surface area (Å²) in [6.07, 6.45) is -3.14. The van der Waals surface area contributed by atoms with Crippen molar-refractivity contribution < 1.29 is 17.6 Å². The van der Waals surface area contributed by atoms with Crippen molar-refractivity contribution in [1.29, 1.82) is 0 Å². The largest absolute Gasteiger partial charge is 0.435 e. The van der Waals surface area contributed by atoms with Gasteiger partial charge in [-0.25, -0.2) is 14.1 Å². The molecular formula is C18H14F4N4O. The van der Waals surface area contributed by atoms with E-state index in [0.717, 1.165) is 4.68 Å². The Kier molecular flexibility index (Phi) is 3.90. The van der Waals surface area contributed by atoms with Crippen LogP contribution in [0.1, 0.15) is 16.8 Å². The van der Waals surface area contributed by atoms with E-state index in [4.69, 9.17) is 0 Å². The van der Waals surface area contributed by atoms with E-state index < -0.39 is 23.2 Å². The number of hydrogen-bond acceptors (Lipinski definition) is 4. The molecule has 5 nitrogen and oxygen atoms in total. The summed E-state index contributed by atoms with van der Waals surface area (Å²) in [5.41, 5.74) is -1.64. The van der Waals surface area contributed by atoms with E-state index in [9.17, 15) is 22.4 Å². The van der Waals surface area contributed by atoms with Gasteiger partial charge in [-0.2, -0.15) is 18.3 Å². The zero-order valence-electron chi connectivity index (χ0n) is 14.2. The zero-order valence-corrected chi connectivity index (χ0v) is 14.2. The topological polar surface area (TPSA) is 51.0 Å². The van der Waals surface area contributed by atoms with Crippen molar-refractivity contribution in [3.05, 3.63) is 63.5 Å². The molecule has 3 heterocycles. The third-order valence-electron chi connectivity index (χ3n) is 4.73. The van der Waals surface area contributed by atoms with E-state index in [-0.39, 0.29) is 24.1 Å². The van der Waals surface area contributed by atoms with Crippen LogP contribution in [0.15, 0.2) is 35.3 Å². The number of benzene rings is 1. The summed E-state index contributed by atoms with van der Waals surface area (Å²) in [4.78, 5) is 18.1. The maximum absolute atomic E-state index is 14.0. The van der Waals surface area contributed by atoms with Gasteiger partial charge in [-0.15, -0.1) is 0 Å². The number of anilines is 1. The van der Waals surface area contributed by atoms with Crippen LogP contribution in [-0.4, -0.2) is 21.3 Å². The number of alkyl halides is 3. The van der Waals surface area contributed by atoms with Crippen molar-refractivity contribution in [2.24, 2.45) is 7.05 Å². The van der Waals surface area contributed by atoms with Crippen LogP contribution >= 0.6 is 0 Å².